The molecule has 0 radical (unpaired) electrons. The van der Waals surface area contributed by atoms with E-state index in [1.807, 2.05) is 48.5 Å². The van der Waals surface area contributed by atoms with Gasteiger partial charge in [-0.15, -0.1) is 0 Å². The first-order valence-electron chi connectivity index (χ1n) is 7.90. The Bertz CT molecular complexity index is 764. The van der Waals surface area contributed by atoms with Crippen molar-refractivity contribution < 1.29 is 9.53 Å². The van der Waals surface area contributed by atoms with E-state index in [4.69, 9.17) is 16.3 Å². The van der Waals surface area contributed by atoms with Crippen LogP contribution in [0.25, 0.3) is 0 Å². The molecule has 1 heterocycles. The minimum Gasteiger partial charge on any atom is -0.496 e. The molecule has 0 saturated carbocycles. The standard InChI is InChI=1S/C18H19ClN4O2/c1-25-17-5-3-2-4-13(17)11-20-23-18(24)16-10-15(21-22-16)12-6-8-14(19)9-7-12/h2-9,11,15-16,21-22H,10H2,1H3,(H,23,24)/b20-11+. The van der Waals surface area contributed by atoms with Gasteiger partial charge in [-0.25, -0.2) is 16.3 Å². The summed E-state index contributed by atoms with van der Waals surface area (Å²) in [5, 5.41) is 4.70. The highest BCUT2D eigenvalue weighted by atomic mass is 35.5. The van der Waals surface area contributed by atoms with Gasteiger partial charge in [0, 0.05) is 16.6 Å². The minimum atomic E-state index is -0.365. The molecule has 2 aromatic carbocycles. The lowest BCUT2D eigenvalue weighted by Crippen LogP contribution is -2.41. The number of nitrogens with one attached hydrogen (secondary N) is 3. The first kappa shape index (κ1) is 17.4. The molecular formula is C18H19ClN4O2. The Labute approximate surface area is 151 Å². The molecule has 1 aliphatic rings. The Kier molecular flexibility index (Phi) is 5.65. The quantitative estimate of drug-likeness (QED) is 0.567. The van der Waals surface area contributed by atoms with Gasteiger partial charge in [0.05, 0.1) is 13.3 Å². The van der Waals surface area contributed by atoms with Gasteiger partial charge in [0.1, 0.15) is 11.8 Å². The summed E-state index contributed by atoms with van der Waals surface area (Å²) in [6.07, 6.45) is 2.19. The first-order valence-corrected chi connectivity index (χ1v) is 8.27. The number of para-hydroxylation sites is 1. The molecule has 1 aliphatic heterocycles. The molecule has 6 nitrogen and oxygen atoms in total. The number of carbonyl (C=O) groups excluding carboxylic acids is 1. The summed E-state index contributed by atoms with van der Waals surface area (Å²) in [5.74, 6) is 0.499. The van der Waals surface area contributed by atoms with Gasteiger partial charge in [-0.2, -0.15) is 5.10 Å². The number of hydrazone groups is 1. The first-order chi connectivity index (χ1) is 12.2. The Morgan fingerprint density at radius 3 is 2.76 bits per heavy atom. The summed E-state index contributed by atoms with van der Waals surface area (Å²) in [7, 11) is 1.59. The van der Waals surface area contributed by atoms with Gasteiger partial charge in [0.25, 0.3) is 5.91 Å². The number of amides is 1. The predicted octanol–water partition coefficient (Wildman–Crippen LogP) is 2.41. The summed E-state index contributed by atoms with van der Waals surface area (Å²) >= 11 is 5.90. The molecule has 2 unspecified atom stereocenters. The zero-order valence-corrected chi connectivity index (χ0v) is 14.5. The minimum absolute atomic E-state index is 0.0474. The molecule has 0 aromatic heterocycles. The van der Waals surface area contributed by atoms with E-state index in [0.29, 0.717) is 17.2 Å². The number of hydrazine groups is 1. The normalized spacial score (nSPS) is 19.9. The van der Waals surface area contributed by atoms with Crippen LogP contribution in [0.3, 0.4) is 0 Å². The van der Waals surface area contributed by atoms with Crippen molar-refractivity contribution in [2.24, 2.45) is 5.10 Å². The van der Waals surface area contributed by atoms with E-state index in [1.165, 1.54) is 0 Å². The van der Waals surface area contributed by atoms with Gasteiger partial charge >= 0.3 is 0 Å². The highest BCUT2D eigenvalue weighted by Gasteiger charge is 2.29. The molecule has 0 bridgehead atoms. The maximum atomic E-state index is 12.2. The number of halogens is 1. The van der Waals surface area contributed by atoms with Crippen molar-refractivity contribution >= 4 is 23.7 Å². The molecule has 3 rings (SSSR count). The third-order valence-corrected chi connectivity index (χ3v) is 4.26. The molecule has 0 spiro atoms. The molecule has 2 aromatic rings. The lowest BCUT2D eigenvalue weighted by Gasteiger charge is -2.09. The Morgan fingerprint density at radius 2 is 2.00 bits per heavy atom. The number of nitrogens with zero attached hydrogens (tertiary/aromatic N) is 1. The average molecular weight is 359 g/mol. The van der Waals surface area contributed by atoms with Gasteiger partial charge in [-0.3, -0.25) is 4.79 Å². The average Bonchev–Trinajstić information content (AvgIpc) is 3.13. The molecule has 1 amide bonds. The van der Waals surface area contributed by atoms with Crippen molar-refractivity contribution in [2.75, 3.05) is 7.11 Å². The number of hydrogen-bond donors (Lipinski definition) is 3. The topological polar surface area (TPSA) is 74.8 Å². The van der Waals surface area contributed by atoms with E-state index in [-0.39, 0.29) is 18.0 Å². The van der Waals surface area contributed by atoms with Crippen molar-refractivity contribution in [1.82, 2.24) is 16.3 Å². The number of benzene rings is 2. The molecule has 3 N–H and O–H groups in total. The van der Waals surface area contributed by atoms with Crippen LogP contribution in [-0.2, 0) is 4.79 Å². The monoisotopic (exact) mass is 358 g/mol. The molecule has 2 atom stereocenters. The van der Waals surface area contributed by atoms with Crippen molar-refractivity contribution in [3.8, 4) is 5.75 Å². The highest BCUT2D eigenvalue weighted by molar-refractivity contribution is 6.30. The molecule has 25 heavy (non-hydrogen) atoms. The van der Waals surface area contributed by atoms with Crippen LogP contribution in [0.1, 0.15) is 23.6 Å². The van der Waals surface area contributed by atoms with Gasteiger partial charge < -0.3 is 4.74 Å². The van der Waals surface area contributed by atoms with Crippen LogP contribution in [0.15, 0.2) is 53.6 Å². The molecule has 7 heteroatoms. The SMILES string of the molecule is COc1ccccc1/C=N/NC(=O)C1CC(c2ccc(Cl)cc2)NN1. The lowest BCUT2D eigenvalue weighted by molar-refractivity contribution is -0.122. The molecule has 130 valence electrons. The zero-order valence-electron chi connectivity index (χ0n) is 13.7. The van der Waals surface area contributed by atoms with Gasteiger partial charge in [0.15, 0.2) is 0 Å². The number of ether oxygens (including phenoxy) is 1. The van der Waals surface area contributed by atoms with E-state index in [0.717, 1.165) is 11.1 Å². The number of hydrogen-bond acceptors (Lipinski definition) is 5. The van der Waals surface area contributed by atoms with Crippen molar-refractivity contribution in [3.63, 3.8) is 0 Å². The second-order valence-corrected chi connectivity index (χ2v) is 6.09. The largest absolute Gasteiger partial charge is 0.496 e. The number of carbonyl (C=O) groups is 1. The van der Waals surface area contributed by atoms with Crippen LogP contribution in [-0.4, -0.2) is 25.3 Å². The number of methoxy groups -OCH3 is 1. The fourth-order valence-corrected chi connectivity index (χ4v) is 2.78. The van der Waals surface area contributed by atoms with Crippen LogP contribution in [0.5, 0.6) is 5.75 Å². The third kappa shape index (κ3) is 4.36. The maximum absolute atomic E-state index is 12.2. The van der Waals surface area contributed by atoms with Gasteiger partial charge in [-0.1, -0.05) is 35.9 Å². The molecule has 0 aliphatic carbocycles. The Balaban J connectivity index is 1.55. The Morgan fingerprint density at radius 1 is 1.24 bits per heavy atom. The molecule has 1 fully saturated rings. The van der Waals surface area contributed by atoms with E-state index in [2.05, 4.69) is 21.4 Å². The highest BCUT2D eigenvalue weighted by Crippen LogP contribution is 2.23. The van der Waals surface area contributed by atoms with Gasteiger partial charge in [0.2, 0.25) is 0 Å². The van der Waals surface area contributed by atoms with Gasteiger partial charge in [-0.05, 0) is 36.2 Å². The van der Waals surface area contributed by atoms with Crippen LogP contribution >= 0.6 is 11.6 Å². The van der Waals surface area contributed by atoms with Crippen molar-refractivity contribution in [3.05, 3.63) is 64.7 Å². The smallest absolute Gasteiger partial charge is 0.258 e. The van der Waals surface area contributed by atoms with Crippen LogP contribution < -0.4 is 21.0 Å². The van der Waals surface area contributed by atoms with Crippen LogP contribution in [0.2, 0.25) is 5.02 Å². The van der Waals surface area contributed by atoms with Crippen LogP contribution in [0.4, 0.5) is 0 Å². The number of rotatable bonds is 5. The predicted molar refractivity (Wildman–Crippen MR) is 97.6 cm³/mol. The second-order valence-electron chi connectivity index (χ2n) is 5.66. The Hall–Kier alpha value is -2.41. The van der Waals surface area contributed by atoms with Crippen LogP contribution in [0, 0.1) is 0 Å². The summed E-state index contributed by atoms with van der Waals surface area (Å²) in [6.45, 7) is 0. The van der Waals surface area contributed by atoms with Crippen molar-refractivity contribution in [1.29, 1.82) is 0 Å². The molecule has 1 saturated heterocycles. The summed E-state index contributed by atoms with van der Waals surface area (Å²) in [5.41, 5.74) is 10.5. The van der Waals surface area contributed by atoms with Crippen molar-refractivity contribution in [2.45, 2.75) is 18.5 Å². The fraction of sp³-hybridized carbons (Fsp3) is 0.222. The summed E-state index contributed by atoms with van der Waals surface area (Å²) in [6, 6.07) is 14.7. The van der Waals surface area contributed by atoms with E-state index in [1.54, 1.807) is 13.3 Å². The second kappa shape index (κ2) is 8.11. The zero-order chi connectivity index (χ0) is 17.6. The summed E-state index contributed by atoms with van der Waals surface area (Å²) < 4.78 is 5.24. The maximum Gasteiger partial charge on any atom is 0.258 e. The van der Waals surface area contributed by atoms with E-state index in [9.17, 15) is 4.79 Å². The fourth-order valence-electron chi connectivity index (χ4n) is 2.66. The van der Waals surface area contributed by atoms with E-state index < -0.39 is 0 Å². The summed E-state index contributed by atoms with van der Waals surface area (Å²) in [4.78, 5) is 12.2. The van der Waals surface area contributed by atoms with E-state index >= 15 is 0 Å². The molecular weight excluding hydrogens is 340 g/mol. The lowest BCUT2D eigenvalue weighted by atomic mass is 10.0. The third-order valence-electron chi connectivity index (χ3n) is 4.01.